The minimum atomic E-state index is -3.19. The van der Waals surface area contributed by atoms with Crippen molar-refractivity contribution >= 4 is 21.9 Å². The number of piperidine rings is 1. The number of anilines is 1. The van der Waals surface area contributed by atoms with Crippen molar-refractivity contribution in [2.45, 2.75) is 38.1 Å². The monoisotopic (exact) mass is 354 g/mol. The molecule has 3 rings (SSSR count). The van der Waals surface area contributed by atoms with E-state index in [2.05, 4.69) is 9.97 Å². The molecule has 24 heavy (non-hydrogen) atoms. The molecule has 3 heterocycles. The normalized spacial score (nSPS) is 24.9. The second-order valence-corrected chi connectivity index (χ2v) is 8.94. The van der Waals surface area contributed by atoms with Crippen LogP contribution in [0.5, 0.6) is 0 Å². The predicted octanol–water partition coefficient (Wildman–Crippen LogP) is 1.35. The summed E-state index contributed by atoms with van der Waals surface area (Å²) in [6.45, 7) is 5.08. The van der Waals surface area contributed by atoms with Crippen molar-refractivity contribution in [3.05, 3.63) is 18.1 Å². The van der Waals surface area contributed by atoms with E-state index in [1.807, 2.05) is 13.8 Å². The largest absolute Gasteiger partial charge is 0.447 e. The molecule has 132 valence electrons. The molecule has 0 spiro atoms. The van der Waals surface area contributed by atoms with Gasteiger partial charge in [-0.05, 0) is 26.7 Å². The van der Waals surface area contributed by atoms with Gasteiger partial charge < -0.3 is 4.74 Å². The average Bonchev–Trinajstić information content (AvgIpc) is 2.80. The number of hydrogen-bond donors (Lipinski definition) is 0. The molecular formula is C15H22N4O4S. The first kappa shape index (κ1) is 17.1. The first-order valence-corrected chi connectivity index (χ1v) is 9.77. The Morgan fingerprint density at radius 3 is 2.58 bits per heavy atom. The van der Waals surface area contributed by atoms with Gasteiger partial charge in [-0.1, -0.05) is 0 Å². The Hall–Kier alpha value is -1.74. The molecule has 0 bridgehead atoms. The number of sulfonamides is 1. The number of carbonyl (C=O) groups is 1. The highest BCUT2D eigenvalue weighted by atomic mass is 32.2. The second kappa shape index (κ2) is 5.96. The first-order valence-electron chi connectivity index (χ1n) is 7.92. The summed E-state index contributed by atoms with van der Waals surface area (Å²) in [6.07, 6.45) is 5.66. The van der Waals surface area contributed by atoms with E-state index in [0.29, 0.717) is 25.5 Å². The number of hydrogen-bond acceptors (Lipinski definition) is 6. The van der Waals surface area contributed by atoms with Crippen LogP contribution in [0, 0.1) is 0 Å². The topological polar surface area (TPSA) is 92.7 Å². The Kier molecular flexibility index (Phi) is 4.25. The van der Waals surface area contributed by atoms with E-state index >= 15 is 0 Å². The summed E-state index contributed by atoms with van der Waals surface area (Å²) in [5.41, 5.74) is 0.281. The SMILES string of the molecule is CC1(C)COC(=O)N1c1cnc([C@@H]2CCCN(S(C)(=O)=O)C2)cn1. The zero-order valence-electron chi connectivity index (χ0n) is 14.1. The van der Waals surface area contributed by atoms with Crippen molar-refractivity contribution < 1.29 is 17.9 Å². The number of nitrogens with zero attached hydrogens (tertiary/aromatic N) is 4. The quantitative estimate of drug-likeness (QED) is 0.813. The first-order chi connectivity index (χ1) is 11.2. The van der Waals surface area contributed by atoms with Crippen LogP contribution in [-0.4, -0.2) is 60.3 Å². The van der Waals surface area contributed by atoms with Crippen LogP contribution in [0.3, 0.4) is 0 Å². The molecule has 8 nitrogen and oxygen atoms in total. The Morgan fingerprint density at radius 2 is 2.04 bits per heavy atom. The van der Waals surface area contributed by atoms with Gasteiger partial charge in [0.1, 0.15) is 6.61 Å². The number of ether oxygens (including phenoxy) is 1. The molecule has 0 unspecified atom stereocenters. The lowest BCUT2D eigenvalue weighted by molar-refractivity contribution is 0.175. The van der Waals surface area contributed by atoms with E-state index in [9.17, 15) is 13.2 Å². The van der Waals surface area contributed by atoms with Gasteiger partial charge in [0.15, 0.2) is 5.82 Å². The predicted molar refractivity (Wildman–Crippen MR) is 88.3 cm³/mol. The molecule has 2 aliphatic heterocycles. The molecule has 2 fully saturated rings. The summed E-state index contributed by atoms with van der Waals surface area (Å²) in [5.74, 6) is 0.468. The van der Waals surface area contributed by atoms with Gasteiger partial charge in [0.2, 0.25) is 10.0 Å². The molecule has 9 heteroatoms. The van der Waals surface area contributed by atoms with E-state index < -0.39 is 21.7 Å². The fourth-order valence-electron chi connectivity index (χ4n) is 3.16. The number of aromatic nitrogens is 2. The maximum Gasteiger partial charge on any atom is 0.416 e. The van der Waals surface area contributed by atoms with Crippen LogP contribution < -0.4 is 4.90 Å². The third-order valence-electron chi connectivity index (χ3n) is 4.50. The van der Waals surface area contributed by atoms with Gasteiger partial charge in [-0.2, -0.15) is 0 Å². The number of amides is 1. The Bertz CT molecular complexity index is 732. The molecule has 0 N–H and O–H groups in total. The molecule has 0 radical (unpaired) electrons. The van der Waals surface area contributed by atoms with Gasteiger partial charge in [0, 0.05) is 19.0 Å². The van der Waals surface area contributed by atoms with Crippen molar-refractivity contribution in [3.63, 3.8) is 0 Å². The van der Waals surface area contributed by atoms with Gasteiger partial charge in [0.05, 0.1) is 29.9 Å². The van der Waals surface area contributed by atoms with Crippen LogP contribution in [0.15, 0.2) is 12.4 Å². The number of cyclic esters (lactones) is 1. The lowest BCUT2D eigenvalue weighted by atomic mass is 9.96. The fraction of sp³-hybridized carbons (Fsp3) is 0.667. The van der Waals surface area contributed by atoms with Gasteiger partial charge in [-0.3, -0.25) is 9.88 Å². The lowest BCUT2D eigenvalue weighted by Crippen LogP contribution is -2.42. The summed E-state index contributed by atoms with van der Waals surface area (Å²) in [6, 6.07) is 0. The Labute approximate surface area is 141 Å². The van der Waals surface area contributed by atoms with Gasteiger partial charge in [0.25, 0.3) is 0 Å². The smallest absolute Gasteiger partial charge is 0.416 e. The molecular weight excluding hydrogens is 332 g/mol. The molecule has 1 aromatic heterocycles. The van der Waals surface area contributed by atoms with Gasteiger partial charge >= 0.3 is 6.09 Å². The zero-order valence-corrected chi connectivity index (χ0v) is 14.9. The molecule has 1 amide bonds. The number of carbonyl (C=O) groups excluding carboxylic acids is 1. The molecule has 2 aliphatic rings. The van der Waals surface area contributed by atoms with Gasteiger partial charge in [-0.15, -0.1) is 0 Å². The summed E-state index contributed by atoms with van der Waals surface area (Å²) >= 11 is 0. The van der Waals surface area contributed by atoms with Crippen molar-refractivity contribution in [3.8, 4) is 0 Å². The van der Waals surface area contributed by atoms with Crippen LogP contribution in [0.25, 0.3) is 0 Å². The minimum absolute atomic E-state index is 0.0218. The maximum atomic E-state index is 11.9. The second-order valence-electron chi connectivity index (χ2n) is 6.96. The average molecular weight is 354 g/mol. The van der Waals surface area contributed by atoms with Crippen LogP contribution in [0.1, 0.15) is 38.3 Å². The Morgan fingerprint density at radius 1 is 1.29 bits per heavy atom. The number of rotatable bonds is 3. The van der Waals surface area contributed by atoms with E-state index in [1.165, 1.54) is 15.5 Å². The zero-order chi connectivity index (χ0) is 17.5. The maximum absolute atomic E-state index is 11.9. The van der Waals surface area contributed by atoms with Crippen LogP contribution in [0.2, 0.25) is 0 Å². The highest BCUT2D eigenvalue weighted by Gasteiger charge is 2.42. The molecule has 1 aromatic rings. The molecule has 2 saturated heterocycles. The van der Waals surface area contributed by atoms with Gasteiger partial charge in [-0.25, -0.2) is 22.5 Å². The third-order valence-corrected chi connectivity index (χ3v) is 5.77. The summed E-state index contributed by atoms with van der Waals surface area (Å²) < 4.78 is 30.0. The van der Waals surface area contributed by atoms with Crippen molar-refractivity contribution in [2.24, 2.45) is 0 Å². The molecule has 0 saturated carbocycles. The highest BCUT2D eigenvalue weighted by Crippen LogP contribution is 2.30. The summed E-state index contributed by atoms with van der Waals surface area (Å²) in [5, 5.41) is 0. The fourth-order valence-corrected chi connectivity index (χ4v) is 4.07. The van der Waals surface area contributed by atoms with E-state index in [1.54, 1.807) is 12.4 Å². The van der Waals surface area contributed by atoms with Crippen molar-refractivity contribution in [1.82, 2.24) is 14.3 Å². The van der Waals surface area contributed by atoms with Crippen LogP contribution in [0.4, 0.5) is 10.6 Å². The van der Waals surface area contributed by atoms with E-state index in [0.717, 1.165) is 18.5 Å². The minimum Gasteiger partial charge on any atom is -0.447 e. The third kappa shape index (κ3) is 3.23. The Balaban J connectivity index is 1.79. The van der Waals surface area contributed by atoms with Crippen LogP contribution in [-0.2, 0) is 14.8 Å². The summed E-state index contributed by atoms with van der Waals surface area (Å²) in [7, 11) is -3.19. The standard InChI is InChI=1S/C15H22N4O4S/c1-15(2)10-23-14(20)19(15)13-8-16-12(7-17-13)11-5-4-6-18(9-11)24(3,21)22/h7-8,11H,4-6,9-10H2,1-3H3/t11-/m1/s1. The highest BCUT2D eigenvalue weighted by molar-refractivity contribution is 7.88. The summed E-state index contributed by atoms with van der Waals surface area (Å²) in [4.78, 5) is 22.2. The molecule has 0 aromatic carbocycles. The molecule has 0 aliphatic carbocycles. The van der Waals surface area contributed by atoms with Crippen molar-refractivity contribution in [1.29, 1.82) is 0 Å². The van der Waals surface area contributed by atoms with Crippen molar-refractivity contribution in [2.75, 3.05) is 30.9 Å². The van der Waals surface area contributed by atoms with Crippen LogP contribution >= 0.6 is 0 Å². The van der Waals surface area contributed by atoms with E-state index in [4.69, 9.17) is 4.74 Å². The van der Waals surface area contributed by atoms with E-state index in [-0.39, 0.29) is 5.92 Å². The molecule has 1 atom stereocenters. The lowest BCUT2D eigenvalue weighted by Gasteiger charge is -2.31.